The minimum atomic E-state index is -0.168. The lowest BCUT2D eigenvalue weighted by Gasteiger charge is -2.08. The number of thiophene rings is 1. The van der Waals surface area contributed by atoms with Gasteiger partial charge >= 0.3 is 0 Å². The zero-order valence-corrected chi connectivity index (χ0v) is 13.9. The number of aromatic nitrogens is 3. The number of amides is 1. The van der Waals surface area contributed by atoms with Gasteiger partial charge in [0.2, 0.25) is 4.77 Å². The highest BCUT2D eigenvalue weighted by Crippen LogP contribution is 2.20. The summed E-state index contributed by atoms with van der Waals surface area (Å²) in [7, 11) is 0. The van der Waals surface area contributed by atoms with Gasteiger partial charge in [0.15, 0.2) is 0 Å². The van der Waals surface area contributed by atoms with E-state index in [0.29, 0.717) is 21.9 Å². The number of aryl methyl sites for hydroxylation is 1. The molecule has 0 aliphatic carbocycles. The van der Waals surface area contributed by atoms with Crippen molar-refractivity contribution in [3.63, 3.8) is 0 Å². The average molecular weight is 342 g/mol. The summed E-state index contributed by atoms with van der Waals surface area (Å²) in [5.74, 6) is 0.390. The lowest BCUT2D eigenvalue weighted by atomic mass is 10.1. The Morgan fingerprint density at radius 1 is 1.26 bits per heavy atom. The van der Waals surface area contributed by atoms with E-state index in [1.807, 2.05) is 36.6 Å². The fourth-order valence-corrected chi connectivity index (χ4v) is 2.84. The minimum Gasteiger partial charge on any atom is -0.321 e. The fraction of sp³-hybridized carbons (Fsp3) is 0.0625. The SMILES string of the molecule is Cc1ccc(C(=O)N/C(=C/c2nc(=S)[nH][nH]2)c2cccs2)cc1. The van der Waals surface area contributed by atoms with Gasteiger partial charge in [-0.25, -0.2) is 4.98 Å². The van der Waals surface area contributed by atoms with Gasteiger partial charge in [-0.05, 0) is 42.7 Å². The maximum absolute atomic E-state index is 12.5. The second kappa shape index (κ2) is 6.72. The van der Waals surface area contributed by atoms with Crippen molar-refractivity contribution in [3.8, 4) is 0 Å². The third-order valence-corrected chi connectivity index (χ3v) is 4.25. The molecule has 116 valence electrons. The fourth-order valence-electron chi connectivity index (χ4n) is 1.99. The van der Waals surface area contributed by atoms with E-state index < -0.39 is 0 Å². The smallest absolute Gasteiger partial charge is 0.255 e. The van der Waals surface area contributed by atoms with Crippen molar-refractivity contribution < 1.29 is 4.79 Å². The summed E-state index contributed by atoms with van der Waals surface area (Å²) in [4.78, 5) is 17.5. The molecule has 0 atom stereocenters. The van der Waals surface area contributed by atoms with E-state index in [1.165, 1.54) is 11.3 Å². The number of carbonyl (C=O) groups excluding carboxylic acids is 1. The number of rotatable bonds is 4. The highest BCUT2D eigenvalue weighted by atomic mass is 32.1. The Labute approximate surface area is 142 Å². The molecule has 0 saturated carbocycles. The predicted molar refractivity (Wildman–Crippen MR) is 94.6 cm³/mol. The van der Waals surface area contributed by atoms with Crippen LogP contribution in [0.25, 0.3) is 11.8 Å². The van der Waals surface area contributed by atoms with Crippen LogP contribution in [0, 0.1) is 11.7 Å². The van der Waals surface area contributed by atoms with Crippen LogP contribution in [-0.2, 0) is 0 Å². The zero-order valence-electron chi connectivity index (χ0n) is 12.3. The molecule has 5 nitrogen and oxygen atoms in total. The molecule has 7 heteroatoms. The summed E-state index contributed by atoms with van der Waals surface area (Å²) in [6, 6.07) is 11.3. The molecule has 0 aliphatic rings. The zero-order chi connectivity index (χ0) is 16.2. The number of nitrogens with one attached hydrogen (secondary N) is 3. The van der Waals surface area contributed by atoms with Crippen molar-refractivity contribution in [2.75, 3.05) is 0 Å². The van der Waals surface area contributed by atoms with Gasteiger partial charge in [0.05, 0.1) is 10.6 Å². The first-order valence-electron chi connectivity index (χ1n) is 6.90. The predicted octanol–water partition coefficient (Wildman–Crippen LogP) is 3.77. The highest BCUT2D eigenvalue weighted by Gasteiger charge is 2.11. The highest BCUT2D eigenvalue weighted by molar-refractivity contribution is 7.71. The van der Waals surface area contributed by atoms with Gasteiger partial charge in [-0.3, -0.25) is 15.0 Å². The molecule has 0 aliphatic heterocycles. The Bertz CT molecular complexity index is 889. The number of benzene rings is 1. The first-order valence-corrected chi connectivity index (χ1v) is 8.19. The molecule has 23 heavy (non-hydrogen) atoms. The van der Waals surface area contributed by atoms with E-state index in [2.05, 4.69) is 20.5 Å². The van der Waals surface area contributed by atoms with Crippen molar-refractivity contribution in [1.29, 1.82) is 0 Å². The van der Waals surface area contributed by atoms with E-state index in [0.717, 1.165) is 10.4 Å². The largest absolute Gasteiger partial charge is 0.321 e. The topological polar surface area (TPSA) is 73.6 Å². The van der Waals surface area contributed by atoms with Gasteiger partial charge < -0.3 is 5.32 Å². The van der Waals surface area contributed by atoms with Crippen molar-refractivity contribution in [3.05, 3.63) is 68.4 Å². The molecule has 0 radical (unpaired) electrons. The third-order valence-electron chi connectivity index (χ3n) is 3.15. The number of nitrogens with zero attached hydrogens (tertiary/aromatic N) is 1. The Balaban J connectivity index is 1.90. The van der Waals surface area contributed by atoms with Crippen LogP contribution in [0.1, 0.15) is 26.6 Å². The molecule has 1 aromatic carbocycles. The monoisotopic (exact) mass is 342 g/mol. The summed E-state index contributed by atoms with van der Waals surface area (Å²) in [6.45, 7) is 1.98. The Hall–Kier alpha value is -2.51. The maximum atomic E-state index is 12.5. The van der Waals surface area contributed by atoms with Crippen LogP contribution in [0.5, 0.6) is 0 Å². The van der Waals surface area contributed by atoms with Crippen molar-refractivity contribution in [1.82, 2.24) is 20.5 Å². The molecule has 0 bridgehead atoms. The molecule has 0 fully saturated rings. The lowest BCUT2D eigenvalue weighted by molar-refractivity contribution is 0.0974. The second-order valence-corrected chi connectivity index (χ2v) is 6.24. The molecule has 0 unspecified atom stereocenters. The molecule has 0 spiro atoms. The average Bonchev–Trinajstić information content (AvgIpc) is 3.19. The van der Waals surface area contributed by atoms with Crippen LogP contribution in [0.15, 0.2) is 41.8 Å². The van der Waals surface area contributed by atoms with Crippen LogP contribution < -0.4 is 5.32 Å². The number of hydrogen-bond donors (Lipinski definition) is 3. The van der Waals surface area contributed by atoms with Crippen molar-refractivity contribution in [2.24, 2.45) is 0 Å². The normalized spacial score (nSPS) is 11.4. The number of carbonyl (C=O) groups is 1. The van der Waals surface area contributed by atoms with E-state index >= 15 is 0 Å². The quantitative estimate of drug-likeness (QED) is 0.632. The summed E-state index contributed by atoms with van der Waals surface area (Å²) >= 11 is 6.49. The van der Waals surface area contributed by atoms with Gasteiger partial charge in [-0.2, -0.15) is 0 Å². The van der Waals surface area contributed by atoms with Gasteiger partial charge in [-0.15, -0.1) is 11.3 Å². The standard InChI is InChI=1S/C16H14N4OS2/c1-10-4-6-11(7-5-10)15(21)17-12(13-3-2-8-23-13)9-14-18-16(22)20-19-14/h2-9H,1H3,(H,17,21)(H2,18,19,20,22)/b12-9+. The first kappa shape index (κ1) is 15.4. The van der Waals surface area contributed by atoms with Crippen LogP contribution in [-0.4, -0.2) is 21.1 Å². The van der Waals surface area contributed by atoms with Crippen LogP contribution in [0.3, 0.4) is 0 Å². The minimum absolute atomic E-state index is 0.168. The summed E-state index contributed by atoms with van der Waals surface area (Å²) in [6.07, 6.45) is 1.75. The van der Waals surface area contributed by atoms with Gasteiger partial charge in [-0.1, -0.05) is 23.8 Å². The van der Waals surface area contributed by atoms with Gasteiger partial charge in [0.1, 0.15) is 5.82 Å². The molecule has 3 rings (SSSR count). The summed E-state index contributed by atoms with van der Waals surface area (Å²) < 4.78 is 0.367. The van der Waals surface area contributed by atoms with E-state index in [-0.39, 0.29) is 5.91 Å². The van der Waals surface area contributed by atoms with Gasteiger partial charge in [0.25, 0.3) is 5.91 Å². The third kappa shape index (κ3) is 3.82. The number of hydrogen-bond acceptors (Lipinski definition) is 4. The summed E-state index contributed by atoms with van der Waals surface area (Å²) in [5.41, 5.74) is 2.39. The summed E-state index contributed by atoms with van der Waals surface area (Å²) in [5, 5.41) is 10.5. The lowest BCUT2D eigenvalue weighted by Crippen LogP contribution is -2.21. The Morgan fingerprint density at radius 2 is 2.04 bits per heavy atom. The molecule has 0 saturated heterocycles. The molecular weight excluding hydrogens is 328 g/mol. The van der Waals surface area contributed by atoms with E-state index in [4.69, 9.17) is 12.2 Å². The first-order chi connectivity index (χ1) is 11.1. The molecule has 3 N–H and O–H groups in total. The Morgan fingerprint density at radius 3 is 2.65 bits per heavy atom. The number of aromatic amines is 2. The Kier molecular flexibility index (Phi) is 4.50. The van der Waals surface area contributed by atoms with E-state index in [9.17, 15) is 4.79 Å². The molecule has 2 heterocycles. The maximum Gasteiger partial charge on any atom is 0.255 e. The molecule has 3 aromatic rings. The van der Waals surface area contributed by atoms with Crippen LogP contribution in [0.4, 0.5) is 0 Å². The molecular formula is C16H14N4OS2. The second-order valence-electron chi connectivity index (χ2n) is 4.91. The van der Waals surface area contributed by atoms with Crippen molar-refractivity contribution in [2.45, 2.75) is 6.92 Å². The van der Waals surface area contributed by atoms with Gasteiger partial charge in [0, 0.05) is 11.6 Å². The van der Waals surface area contributed by atoms with E-state index in [1.54, 1.807) is 18.2 Å². The molecule has 1 amide bonds. The van der Waals surface area contributed by atoms with Crippen LogP contribution >= 0.6 is 23.6 Å². The molecule has 2 aromatic heterocycles. The van der Waals surface area contributed by atoms with Crippen LogP contribution in [0.2, 0.25) is 0 Å². The van der Waals surface area contributed by atoms with Crippen molar-refractivity contribution >= 4 is 41.2 Å². The number of H-pyrrole nitrogens is 2.